The van der Waals surface area contributed by atoms with Gasteiger partial charge in [-0.05, 0) is 18.4 Å². The summed E-state index contributed by atoms with van der Waals surface area (Å²) in [5.41, 5.74) is 2.57. The van der Waals surface area contributed by atoms with E-state index >= 15 is 0 Å². The van der Waals surface area contributed by atoms with E-state index in [2.05, 4.69) is 39.5 Å². The monoisotopic (exact) mass is 398 g/mol. The van der Waals surface area contributed by atoms with Crippen molar-refractivity contribution in [1.29, 1.82) is 0 Å². The molecule has 1 fully saturated rings. The number of nitrogens with zero attached hydrogens (tertiary/aromatic N) is 4. The number of aryl methyl sites for hydroxylation is 1. The Bertz CT molecular complexity index is 1050. The highest BCUT2D eigenvalue weighted by molar-refractivity contribution is 7.15. The van der Waals surface area contributed by atoms with Crippen LogP contribution >= 0.6 is 11.3 Å². The van der Waals surface area contributed by atoms with Crippen molar-refractivity contribution in [2.45, 2.75) is 20.8 Å². The summed E-state index contributed by atoms with van der Waals surface area (Å²) < 4.78 is 1.67. The highest BCUT2D eigenvalue weighted by atomic mass is 32.1. The number of nitrogens with one attached hydrogen (secondary N) is 2. The molecule has 2 N–H and O–H groups in total. The van der Waals surface area contributed by atoms with Crippen LogP contribution in [0.4, 0.5) is 11.4 Å². The van der Waals surface area contributed by atoms with E-state index in [1.165, 1.54) is 11.3 Å². The van der Waals surface area contributed by atoms with E-state index < -0.39 is 0 Å². The molecule has 1 aliphatic rings. The molecule has 1 aliphatic heterocycles. The molecule has 0 radical (unpaired) electrons. The van der Waals surface area contributed by atoms with Gasteiger partial charge < -0.3 is 10.6 Å². The number of amides is 2. The Morgan fingerprint density at radius 2 is 2.04 bits per heavy atom. The van der Waals surface area contributed by atoms with Crippen LogP contribution in [0.1, 0.15) is 29.9 Å². The summed E-state index contributed by atoms with van der Waals surface area (Å²) >= 11 is 1.45. The molecule has 0 saturated carbocycles. The summed E-state index contributed by atoms with van der Waals surface area (Å²) in [4.78, 5) is 32.1. The van der Waals surface area contributed by atoms with Gasteiger partial charge in [-0.2, -0.15) is 5.10 Å². The topological polar surface area (TPSA) is 91.6 Å². The molecule has 3 aromatic heterocycles. The van der Waals surface area contributed by atoms with Gasteiger partial charge in [0.05, 0.1) is 41.6 Å². The molecule has 0 unspecified atom stereocenters. The standard InChI is InChI=1S/C19H22N6O2S/c1-12-15(23-17(27)14-8-21-25-4-5-28-18(14)25)6-13(7-20-12)22-16(26)9-24-10-19(2,3)11-24/h4-8H,9-11H2,1-3H3,(H,22,26)(H,23,27). The number of hydrogen-bond acceptors (Lipinski definition) is 6. The molecular formula is C19H22N6O2S. The lowest BCUT2D eigenvalue weighted by Gasteiger charge is -2.45. The molecule has 0 aromatic carbocycles. The van der Waals surface area contributed by atoms with Crippen LogP contribution in [0.15, 0.2) is 30.0 Å². The predicted octanol–water partition coefficient (Wildman–Crippen LogP) is 2.63. The van der Waals surface area contributed by atoms with Gasteiger partial charge in [-0.25, -0.2) is 4.52 Å². The second-order valence-electron chi connectivity index (χ2n) is 7.88. The lowest BCUT2D eigenvalue weighted by molar-refractivity contribution is -0.120. The Balaban J connectivity index is 1.43. The number of thiazole rings is 1. The van der Waals surface area contributed by atoms with Gasteiger partial charge in [0.2, 0.25) is 5.91 Å². The summed E-state index contributed by atoms with van der Waals surface area (Å²) in [5.74, 6) is -0.344. The average Bonchev–Trinajstić information content (AvgIpc) is 3.19. The van der Waals surface area contributed by atoms with Crippen LogP contribution in [-0.2, 0) is 4.79 Å². The zero-order chi connectivity index (χ0) is 19.9. The van der Waals surface area contributed by atoms with Gasteiger partial charge in [-0.15, -0.1) is 11.3 Å². The van der Waals surface area contributed by atoms with E-state index in [1.807, 2.05) is 12.3 Å². The van der Waals surface area contributed by atoms with Crippen molar-refractivity contribution in [3.63, 3.8) is 0 Å². The van der Waals surface area contributed by atoms with Crippen molar-refractivity contribution in [3.8, 4) is 0 Å². The van der Waals surface area contributed by atoms with Crippen LogP contribution in [0.5, 0.6) is 0 Å². The third-order valence-electron chi connectivity index (χ3n) is 4.67. The zero-order valence-corrected chi connectivity index (χ0v) is 16.8. The average molecular weight is 398 g/mol. The Morgan fingerprint density at radius 3 is 2.79 bits per heavy atom. The molecule has 9 heteroatoms. The normalized spacial score (nSPS) is 16.0. The van der Waals surface area contributed by atoms with Gasteiger partial charge >= 0.3 is 0 Å². The predicted molar refractivity (Wildman–Crippen MR) is 109 cm³/mol. The Labute approximate surface area is 166 Å². The van der Waals surface area contributed by atoms with E-state index in [4.69, 9.17) is 0 Å². The maximum absolute atomic E-state index is 12.6. The van der Waals surface area contributed by atoms with Crippen molar-refractivity contribution >= 4 is 39.4 Å². The number of rotatable bonds is 5. The van der Waals surface area contributed by atoms with E-state index in [1.54, 1.807) is 29.2 Å². The van der Waals surface area contributed by atoms with Gasteiger partial charge in [0.15, 0.2) is 0 Å². The van der Waals surface area contributed by atoms with Crippen molar-refractivity contribution < 1.29 is 9.59 Å². The Kier molecular flexibility index (Phi) is 4.64. The van der Waals surface area contributed by atoms with E-state index in [-0.39, 0.29) is 17.2 Å². The maximum atomic E-state index is 12.6. The highest BCUT2D eigenvalue weighted by Crippen LogP contribution is 2.28. The van der Waals surface area contributed by atoms with Crippen molar-refractivity contribution in [2.24, 2.45) is 5.41 Å². The molecular weight excluding hydrogens is 376 g/mol. The number of carbonyl (C=O) groups is 2. The minimum atomic E-state index is -0.256. The van der Waals surface area contributed by atoms with Crippen LogP contribution < -0.4 is 10.6 Å². The third-order valence-corrected chi connectivity index (χ3v) is 5.55. The van der Waals surface area contributed by atoms with Crippen LogP contribution in [-0.4, -0.2) is 50.9 Å². The Morgan fingerprint density at radius 1 is 1.25 bits per heavy atom. The molecule has 0 bridgehead atoms. The molecule has 0 atom stereocenters. The van der Waals surface area contributed by atoms with Crippen LogP contribution in [0.25, 0.3) is 4.83 Å². The minimum Gasteiger partial charge on any atom is -0.324 e. The zero-order valence-electron chi connectivity index (χ0n) is 16.0. The molecule has 1 saturated heterocycles. The minimum absolute atomic E-state index is 0.0876. The smallest absolute Gasteiger partial charge is 0.260 e. The van der Waals surface area contributed by atoms with Gasteiger partial charge in [0, 0.05) is 24.7 Å². The fraction of sp³-hybridized carbons (Fsp3) is 0.368. The van der Waals surface area contributed by atoms with E-state index in [9.17, 15) is 9.59 Å². The molecule has 0 spiro atoms. The lowest BCUT2D eigenvalue weighted by Crippen LogP contribution is -2.54. The van der Waals surface area contributed by atoms with Gasteiger partial charge in [0.1, 0.15) is 4.83 Å². The molecule has 4 rings (SSSR count). The fourth-order valence-corrected chi connectivity index (χ4v) is 4.27. The molecule has 8 nitrogen and oxygen atoms in total. The molecule has 0 aliphatic carbocycles. The van der Waals surface area contributed by atoms with Gasteiger partial charge in [-0.3, -0.25) is 19.5 Å². The molecule has 4 heterocycles. The van der Waals surface area contributed by atoms with Crippen molar-refractivity contribution in [3.05, 3.63) is 41.3 Å². The first-order chi connectivity index (χ1) is 13.3. The van der Waals surface area contributed by atoms with E-state index in [0.717, 1.165) is 17.9 Å². The molecule has 3 aromatic rings. The van der Waals surface area contributed by atoms with Crippen LogP contribution in [0.3, 0.4) is 0 Å². The first-order valence-electron chi connectivity index (χ1n) is 9.02. The van der Waals surface area contributed by atoms with Crippen LogP contribution in [0.2, 0.25) is 0 Å². The van der Waals surface area contributed by atoms with Crippen molar-refractivity contribution in [1.82, 2.24) is 19.5 Å². The lowest BCUT2D eigenvalue weighted by atomic mass is 9.84. The number of aromatic nitrogens is 3. The summed E-state index contributed by atoms with van der Waals surface area (Å²) in [7, 11) is 0. The molecule has 146 valence electrons. The summed E-state index contributed by atoms with van der Waals surface area (Å²) in [6.07, 6.45) is 4.95. The first kappa shape index (κ1) is 18.6. The number of fused-ring (bicyclic) bond motifs is 1. The number of anilines is 2. The molecule has 28 heavy (non-hydrogen) atoms. The largest absolute Gasteiger partial charge is 0.324 e. The number of likely N-dealkylation sites (tertiary alicyclic amines) is 1. The number of hydrogen-bond donors (Lipinski definition) is 2. The quantitative estimate of drug-likeness (QED) is 0.689. The first-order valence-corrected chi connectivity index (χ1v) is 9.90. The maximum Gasteiger partial charge on any atom is 0.260 e. The SMILES string of the molecule is Cc1ncc(NC(=O)CN2CC(C)(C)C2)cc1NC(=O)c1cnn2ccsc12. The summed E-state index contributed by atoms with van der Waals surface area (Å²) in [6, 6.07) is 1.73. The van der Waals surface area contributed by atoms with Gasteiger partial charge in [0.25, 0.3) is 5.91 Å². The number of pyridine rings is 1. The highest BCUT2D eigenvalue weighted by Gasteiger charge is 2.34. The third kappa shape index (κ3) is 3.76. The second kappa shape index (κ2) is 6.99. The van der Waals surface area contributed by atoms with Crippen molar-refractivity contribution in [2.75, 3.05) is 30.3 Å². The van der Waals surface area contributed by atoms with Gasteiger partial charge in [-0.1, -0.05) is 13.8 Å². The summed E-state index contributed by atoms with van der Waals surface area (Å²) in [6.45, 7) is 8.36. The second-order valence-corrected chi connectivity index (χ2v) is 8.77. The van der Waals surface area contributed by atoms with Crippen LogP contribution in [0, 0.1) is 12.3 Å². The van der Waals surface area contributed by atoms with E-state index in [0.29, 0.717) is 29.2 Å². The summed E-state index contributed by atoms with van der Waals surface area (Å²) in [5, 5.41) is 11.8. The number of carbonyl (C=O) groups excluding carboxylic acids is 2. The Hall–Kier alpha value is -2.78. The molecule has 2 amide bonds. The fourth-order valence-electron chi connectivity index (χ4n) is 3.48.